The molecule has 120 valence electrons. The van der Waals surface area contributed by atoms with Crippen LogP contribution < -0.4 is 9.47 Å². The first-order chi connectivity index (χ1) is 10.7. The summed E-state index contributed by atoms with van der Waals surface area (Å²) in [4.78, 5) is 15.1. The summed E-state index contributed by atoms with van der Waals surface area (Å²) in [6, 6.07) is 5.89. The van der Waals surface area contributed by atoms with Gasteiger partial charge in [-0.15, -0.1) is 0 Å². The molecule has 1 aromatic carbocycles. The topological polar surface area (TPSA) is 38.8 Å². The molecule has 3 rings (SSSR count). The van der Waals surface area contributed by atoms with Gasteiger partial charge < -0.3 is 14.4 Å². The number of benzene rings is 1. The van der Waals surface area contributed by atoms with E-state index in [0.717, 1.165) is 19.4 Å². The number of nitrogens with zero attached hydrogens (tertiary/aromatic N) is 1. The number of rotatable bonds is 3. The molecule has 22 heavy (non-hydrogen) atoms. The minimum absolute atomic E-state index is 0.137. The maximum absolute atomic E-state index is 13.0. The third-order valence-electron chi connectivity index (χ3n) is 5.13. The molecule has 1 amide bonds. The van der Waals surface area contributed by atoms with Gasteiger partial charge in [-0.3, -0.25) is 4.79 Å². The smallest absolute Gasteiger partial charge is 0.254 e. The highest BCUT2D eigenvalue weighted by Gasteiger charge is 2.36. The largest absolute Gasteiger partial charge is 0.493 e. The van der Waals surface area contributed by atoms with Crippen LogP contribution in [0.1, 0.15) is 48.9 Å². The van der Waals surface area contributed by atoms with Crippen LogP contribution in [-0.2, 0) is 0 Å². The first-order valence-corrected chi connectivity index (χ1v) is 8.27. The van der Waals surface area contributed by atoms with Crippen LogP contribution in [0.3, 0.4) is 0 Å². The maximum atomic E-state index is 13.0. The SMILES string of the molecule is COc1ccc(C(=O)N2CCCC3CCCCC32)cc1OC. The zero-order valence-electron chi connectivity index (χ0n) is 13.5. The van der Waals surface area contributed by atoms with E-state index in [1.165, 1.54) is 25.7 Å². The summed E-state index contributed by atoms with van der Waals surface area (Å²) in [6.07, 6.45) is 7.40. The van der Waals surface area contributed by atoms with Crippen LogP contribution >= 0.6 is 0 Å². The molecule has 2 atom stereocenters. The van der Waals surface area contributed by atoms with Gasteiger partial charge in [-0.2, -0.15) is 0 Å². The number of piperidine rings is 1. The van der Waals surface area contributed by atoms with Gasteiger partial charge in [0.15, 0.2) is 11.5 Å². The molecule has 1 saturated carbocycles. The molecule has 0 N–H and O–H groups in total. The van der Waals surface area contributed by atoms with Crippen LogP contribution in [-0.4, -0.2) is 37.6 Å². The van der Waals surface area contributed by atoms with Gasteiger partial charge in [0.1, 0.15) is 0 Å². The van der Waals surface area contributed by atoms with Crippen molar-refractivity contribution in [1.29, 1.82) is 0 Å². The fraction of sp³-hybridized carbons (Fsp3) is 0.611. The Hall–Kier alpha value is -1.71. The average molecular weight is 303 g/mol. The standard InChI is InChI=1S/C18H25NO3/c1-21-16-10-9-14(12-17(16)22-2)18(20)19-11-5-7-13-6-3-4-8-15(13)19/h9-10,12-13,15H,3-8,11H2,1-2H3. The Balaban J connectivity index is 1.83. The van der Waals surface area contributed by atoms with Crippen molar-refractivity contribution < 1.29 is 14.3 Å². The average Bonchev–Trinajstić information content (AvgIpc) is 2.60. The minimum atomic E-state index is 0.137. The number of likely N-dealkylation sites (tertiary alicyclic amines) is 1. The van der Waals surface area contributed by atoms with E-state index in [4.69, 9.17) is 9.47 Å². The van der Waals surface area contributed by atoms with Crippen molar-refractivity contribution in [2.45, 2.75) is 44.6 Å². The van der Waals surface area contributed by atoms with Crippen molar-refractivity contribution in [3.8, 4) is 11.5 Å². The van der Waals surface area contributed by atoms with Crippen LogP contribution in [0, 0.1) is 5.92 Å². The van der Waals surface area contributed by atoms with E-state index in [1.807, 2.05) is 12.1 Å². The highest BCUT2D eigenvalue weighted by atomic mass is 16.5. The van der Waals surface area contributed by atoms with Crippen molar-refractivity contribution in [2.24, 2.45) is 5.92 Å². The van der Waals surface area contributed by atoms with Crippen LogP contribution in [0.4, 0.5) is 0 Å². The second kappa shape index (κ2) is 6.59. The monoisotopic (exact) mass is 303 g/mol. The Kier molecular flexibility index (Phi) is 4.55. The fourth-order valence-corrected chi connectivity index (χ4v) is 4.01. The third-order valence-corrected chi connectivity index (χ3v) is 5.13. The summed E-state index contributed by atoms with van der Waals surface area (Å²) in [7, 11) is 3.21. The van der Waals surface area contributed by atoms with E-state index in [2.05, 4.69) is 4.90 Å². The van der Waals surface area contributed by atoms with Crippen molar-refractivity contribution in [1.82, 2.24) is 4.90 Å². The molecular weight excluding hydrogens is 278 g/mol. The molecule has 4 heteroatoms. The molecule has 1 heterocycles. The van der Waals surface area contributed by atoms with Gasteiger partial charge in [0.25, 0.3) is 5.91 Å². The highest BCUT2D eigenvalue weighted by Crippen LogP contribution is 2.36. The van der Waals surface area contributed by atoms with E-state index in [-0.39, 0.29) is 5.91 Å². The second-order valence-electron chi connectivity index (χ2n) is 6.32. The summed E-state index contributed by atoms with van der Waals surface area (Å²) < 4.78 is 10.6. The molecule has 4 nitrogen and oxygen atoms in total. The number of hydrogen-bond acceptors (Lipinski definition) is 3. The molecule has 1 aliphatic heterocycles. The highest BCUT2D eigenvalue weighted by molar-refractivity contribution is 5.95. The number of fused-ring (bicyclic) bond motifs is 1. The number of amides is 1. The normalized spacial score (nSPS) is 24.5. The van der Waals surface area contributed by atoms with E-state index >= 15 is 0 Å². The van der Waals surface area contributed by atoms with Gasteiger partial charge in [0.2, 0.25) is 0 Å². The van der Waals surface area contributed by atoms with Gasteiger partial charge in [-0.05, 0) is 49.8 Å². The Morgan fingerprint density at radius 3 is 2.55 bits per heavy atom. The molecule has 0 aromatic heterocycles. The molecule has 0 radical (unpaired) electrons. The van der Waals surface area contributed by atoms with Crippen LogP contribution in [0.5, 0.6) is 11.5 Å². The lowest BCUT2D eigenvalue weighted by molar-refractivity contribution is 0.0390. The van der Waals surface area contributed by atoms with Crippen LogP contribution in [0.25, 0.3) is 0 Å². The van der Waals surface area contributed by atoms with E-state index in [9.17, 15) is 4.79 Å². The molecule has 2 fully saturated rings. The molecule has 0 bridgehead atoms. The van der Waals surface area contributed by atoms with Gasteiger partial charge in [-0.1, -0.05) is 12.8 Å². The zero-order valence-corrected chi connectivity index (χ0v) is 13.5. The summed E-state index contributed by atoms with van der Waals surface area (Å²) in [5.74, 6) is 2.11. The van der Waals surface area contributed by atoms with Gasteiger partial charge >= 0.3 is 0 Å². The zero-order chi connectivity index (χ0) is 15.5. The number of hydrogen-bond donors (Lipinski definition) is 0. The van der Waals surface area contributed by atoms with Gasteiger partial charge in [-0.25, -0.2) is 0 Å². The summed E-state index contributed by atoms with van der Waals surface area (Å²) >= 11 is 0. The quantitative estimate of drug-likeness (QED) is 0.858. The number of carbonyl (C=O) groups is 1. The minimum Gasteiger partial charge on any atom is -0.493 e. The molecule has 1 saturated heterocycles. The Bertz CT molecular complexity index is 541. The van der Waals surface area contributed by atoms with Crippen LogP contribution in [0.2, 0.25) is 0 Å². The molecule has 2 unspecified atom stereocenters. The molecule has 0 spiro atoms. The van der Waals surface area contributed by atoms with Crippen molar-refractivity contribution in [3.05, 3.63) is 23.8 Å². The summed E-state index contributed by atoms with van der Waals surface area (Å²) in [5, 5.41) is 0. The second-order valence-corrected chi connectivity index (χ2v) is 6.32. The molecule has 2 aliphatic rings. The summed E-state index contributed by atoms with van der Waals surface area (Å²) in [5.41, 5.74) is 0.698. The molecular formula is C18H25NO3. The van der Waals surface area contributed by atoms with Crippen molar-refractivity contribution in [3.63, 3.8) is 0 Å². The fourth-order valence-electron chi connectivity index (χ4n) is 4.01. The maximum Gasteiger partial charge on any atom is 0.254 e. The summed E-state index contributed by atoms with van der Waals surface area (Å²) in [6.45, 7) is 0.883. The lowest BCUT2D eigenvalue weighted by Gasteiger charge is -2.44. The van der Waals surface area contributed by atoms with Crippen LogP contribution in [0.15, 0.2) is 18.2 Å². The lowest BCUT2D eigenvalue weighted by atomic mass is 9.78. The van der Waals surface area contributed by atoms with Gasteiger partial charge in [0.05, 0.1) is 14.2 Å². The lowest BCUT2D eigenvalue weighted by Crippen LogP contribution is -2.49. The third kappa shape index (κ3) is 2.79. The number of ether oxygens (including phenoxy) is 2. The van der Waals surface area contributed by atoms with Gasteiger partial charge in [0, 0.05) is 18.2 Å². The Labute approximate surface area is 132 Å². The number of methoxy groups -OCH3 is 2. The number of carbonyl (C=O) groups excluding carboxylic acids is 1. The first-order valence-electron chi connectivity index (χ1n) is 8.27. The van der Waals surface area contributed by atoms with Crippen molar-refractivity contribution in [2.75, 3.05) is 20.8 Å². The Morgan fingerprint density at radius 2 is 1.77 bits per heavy atom. The van der Waals surface area contributed by atoms with Crippen molar-refractivity contribution >= 4 is 5.91 Å². The van der Waals surface area contributed by atoms with E-state index < -0.39 is 0 Å². The van der Waals surface area contributed by atoms with E-state index in [1.54, 1.807) is 20.3 Å². The molecule has 1 aliphatic carbocycles. The predicted octanol–water partition coefficient (Wildman–Crippen LogP) is 3.50. The van der Waals surface area contributed by atoms with E-state index in [0.29, 0.717) is 29.0 Å². The Morgan fingerprint density at radius 1 is 1.05 bits per heavy atom. The molecule has 1 aromatic rings. The predicted molar refractivity (Wildman–Crippen MR) is 85.6 cm³/mol. The first kappa shape index (κ1) is 15.2.